The van der Waals surface area contributed by atoms with Gasteiger partial charge >= 0.3 is 0 Å². The lowest BCUT2D eigenvalue weighted by Gasteiger charge is -2.09. The first-order valence-electron chi connectivity index (χ1n) is 4.51. The summed E-state index contributed by atoms with van der Waals surface area (Å²) < 4.78 is 0.983. The van der Waals surface area contributed by atoms with Crippen LogP contribution in [0.5, 0.6) is 0 Å². The van der Waals surface area contributed by atoms with E-state index in [1.54, 1.807) is 11.3 Å². The molecule has 0 fully saturated rings. The standard InChI is InChI=1S/C11H11BrN2S/c1-7-4-11(9(12)5-10(7)13)14-8-2-3-15-6-8/h2-6,14H,13H2,1H3. The topological polar surface area (TPSA) is 38.0 Å². The molecule has 2 rings (SSSR count). The number of nitrogens with one attached hydrogen (secondary N) is 1. The second kappa shape index (κ2) is 4.24. The molecule has 0 spiro atoms. The largest absolute Gasteiger partial charge is 0.398 e. The van der Waals surface area contributed by atoms with Crippen LogP contribution in [0.2, 0.25) is 0 Å². The SMILES string of the molecule is Cc1cc(Nc2ccsc2)c(Br)cc1N. The molecule has 0 saturated carbocycles. The first-order chi connectivity index (χ1) is 7.16. The van der Waals surface area contributed by atoms with Gasteiger partial charge in [0.2, 0.25) is 0 Å². The first-order valence-corrected chi connectivity index (χ1v) is 6.25. The number of thiophene rings is 1. The Morgan fingerprint density at radius 3 is 2.87 bits per heavy atom. The molecule has 0 aliphatic heterocycles. The molecule has 0 bridgehead atoms. The van der Waals surface area contributed by atoms with Crippen molar-refractivity contribution < 1.29 is 0 Å². The monoisotopic (exact) mass is 282 g/mol. The fourth-order valence-electron chi connectivity index (χ4n) is 1.28. The predicted octanol–water partition coefficient (Wildman–Crippen LogP) is 4.14. The number of halogens is 1. The van der Waals surface area contributed by atoms with Crippen LogP contribution in [0.3, 0.4) is 0 Å². The number of benzene rings is 1. The van der Waals surface area contributed by atoms with Gasteiger partial charge in [-0.3, -0.25) is 0 Å². The van der Waals surface area contributed by atoms with Crippen LogP contribution in [-0.2, 0) is 0 Å². The Hall–Kier alpha value is -1.00. The van der Waals surface area contributed by atoms with Crippen LogP contribution in [0.4, 0.5) is 17.1 Å². The highest BCUT2D eigenvalue weighted by Gasteiger charge is 2.03. The van der Waals surface area contributed by atoms with E-state index in [-0.39, 0.29) is 0 Å². The molecule has 0 amide bonds. The Morgan fingerprint density at radius 2 is 2.20 bits per heavy atom. The smallest absolute Gasteiger partial charge is 0.0533 e. The summed E-state index contributed by atoms with van der Waals surface area (Å²) >= 11 is 5.16. The average Bonchev–Trinajstić information content (AvgIpc) is 2.67. The molecule has 0 atom stereocenters. The van der Waals surface area contributed by atoms with Crippen molar-refractivity contribution in [2.75, 3.05) is 11.1 Å². The van der Waals surface area contributed by atoms with Crippen molar-refractivity contribution >= 4 is 44.3 Å². The highest BCUT2D eigenvalue weighted by atomic mass is 79.9. The first kappa shape index (κ1) is 10.5. The lowest BCUT2D eigenvalue weighted by Crippen LogP contribution is -1.94. The van der Waals surface area contributed by atoms with Crippen molar-refractivity contribution in [2.24, 2.45) is 0 Å². The minimum atomic E-state index is 0.803. The van der Waals surface area contributed by atoms with Crippen LogP contribution < -0.4 is 11.1 Å². The maximum absolute atomic E-state index is 5.81. The third kappa shape index (κ3) is 2.33. The molecular formula is C11H11BrN2S. The summed E-state index contributed by atoms with van der Waals surface area (Å²) in [6.07, 6.45) is 0. The van der Waals surface area contributed by atoms with Gasteiger partial charge < -0.3 is 11.1 Å². The highest BCUT2D eigenvalue weighted by Crippen LogP contribution is 2.30. The van der Waals surface area contributed by atoms with Gasteiger partial charge in [0.25, 0.3) is 0 Å². The molecule has 0 aliphatic carbocycles. The van der Waals surface area contributed by atoms with Gasteiger partial charge in [-0.05, 0) is 52.0 Å². The fraction of sp³-hybridized carbons (Fsp3) is 0.0909. The molecule has 1 heterocycles. The van der Waals surface area contributed by atoms with Crippen LogP contribution in [0, 0.1) is 6.92 Å². The predicted molar refractivity (Wildman–Crippen MR) is 70.9 cm³/mol. The van der Waals surface area contributed by atoms with E-state index in [2.05, 4.69) is 26.6 Å². The number of nitrogen functional groups attached to an aromatic ring is 1. The van der Waals surface area contributed by atoms with Gasteiger partial charge in [-0.1, -0.05) is 0 Å². The molecule has 2 nitrogen and oxygen atoms in total. The quantitative estimate of drug-likeness (QED) is 0.813. The molecule has 1 aromatic carbocycles. The van der Waals surface area contributed by atoms with E-state index >= 15 is 0 Å². The van der Waals surface area contributed by atoms with Crippen LogP contribution >= 0.6 is 27.3 Å². The van der Waals surface area contributed by atoms with E-state index < -0.39 is 0 Å². The van der Waals surface area contributed by atoms with Crippen molar-refractivity contribution in [3.05, 3.63) is 39.0 Å². The number of rotatable bonds is 2. The van der Waals surface area contributed by atoms with Crippen molar-refractivity contribution in [1.82, 2.24) is 0 Å². The third-order valence-corrected chi connectivity index (χ3v) is 3.50. The van der Waals surface area contributed by atoms with Gasteiger partial charge in [0.15, 0.2) is 0 Å². The van der Waals surface area contributed by atoms with Crippen LogP contribution in [0.25, 0.3) is 0 Å². The molecule has 0 saturated heterocycles. The zero-order valence-electron chi connectivity index (χ0n) is 8.25. The summed E-state index contributed by atoms with van der Waals surface area (Å²) in [5.41, 5.74) is 9.83. The van der Waals surface area contributed by atoms with Gasteiger partial charge in [0, 0.05) is 21.2 Å². The molecular weight excluding hydrogens is 272 g/mol. The minimum absolute atomic E-state index is 0.803. The maximum Gasteiger partial charge on any atom is 0.0533 e. The number of nitrogens with two attached hydrogens (primary N) is 1. The summed E-state index contributed by atoms with van der Waals surface area (Å²) in [5, 5.41) is 7.44. The van der Waals surface area contributed by atoms with Gasteiger partial charge in [-0.15, -0.1) is 0 Å². The Balaban J connectivity index is 2.33. The summed E-state index contributed by atoms with van der Waals surface area (Å²) in [6, 6.07) is 6.00. The zero-order chi connectivity index (χ0) is 10.8. The van der Waals surface area contributed by atoms with E-state index in [1.165, 1.54) is 0 Å². The summed E-state index contributed by atoms with van der Waals surface area (Å²) in [5.74, 6) is 0. The van der Waals surface area contributed by atoms with E-state index in [0.29, 0.717) is 0 Å². The molecule has 0 unspecified atom stereocenters. The van der Waals surface area contributed by atoms with Crippen molar-refractivity contribution in [2.45, 2.75) is 6.92 Å². The Labute approximate surface area is 101 Å². The van der Waals surface area contributed by atoms with Crippen LogP contribution in [-0.4, -0.2) is 0 Å². The molecule has 0 radical (unpaired) electrons. The van der Waals surface area contributed by atoms with E-state index in [1.807, 2.05) is 30.5 Å². The van der Waals surface area contributed by atoms with Gasteiger partial charge in [-0.2, -0.15) is 11.3 Å². The van der Waals surface area contributed by atoms with Crippen molar-refractivity contribution in [3.8, 4) is 0 Å². The van der Waals surface area contributed by atoms with E-state index in [4.69, 9.17) is 5.73 Å². The molecule has 4 heteroatoms. The lowest BCUT2D eigenvalue weighted by atomic mass is 10.2. The third-order valence-electron chi connectivity index (χ3n) is 2.16. The lowest BCUT2D eigenvalue weighted by molar-refractivity contribution is 1.44. The molecule has 0 aliphatic rings. The molecule has 15 heavy (non-hydrogen) atoms. The zero-order valence-corrected chi connectivity index (χ0v) is 10.7. The van der Waals surface area contributed by atoms with Crippen molar-refractivity contribution in [3.63, 3.8) is 0 Å². The van der Waals surface area contributed by atoms with Gasteiger partial charge in [0.05, 0.1) is 5.69 Å². The van der Waals surface area contributed by atoms with Crippen LogP contribution in [0.15, 0.2) is 33.4 Å². The Bertz CT molecular complexity index is 466. The van der Waals surface area contributed by atoms with Crippen LogP contribution in [0.1, 0.15) is 5.56 Å². The van der Waals surface area contributed by atoms with Gasteiger partial charge in [-0.25, -0.2) is 0 Å². The number of aryl methyl sites for hydroxylation is 1. The number of anilines is 3. The average molecular weight is 283 g/mol. The summed E-state index contributed by atoms with van der Waals surface area (Å²) in [7, 11) is 0. The minimum Gasteiger partial charge on any atom is -0.398 e. The Morgan fingerprint density at radius 1 is 1.40 bits per heavy atom. The molecule has 78 valence electrons. The summed E-state index contributed by atoms with van der Waals surface area (Å²) in [6.45, 7) is 2.00. The fourth-order valence-corrected chi connectivity index (χ4v) is 2.33. The molecule has 2 aromatic rings. The maximum atomic E-state index is 5.81. The molecule has 3 N–H and O–H groups in total. The van der Waals surface area contributed by atoms with E-state index in [0.717, 1.165) is 27.1 Å². The van der Waals surface area contributed by atoms with Gasteiger partial charge in [0.1, 0.15) is 0 Å². The number of hydrogen-bond acceptors (Lipinski definition) is 3. The Kier molecular flexibility index (Phi) is 2.98. The normalized spacial score (nSPS) is 10.3. The second-order valence-electron chi connectivity index (χ2n) is 3.33. The van der Waals surface area contributed by atoms with Crippen molar-refractivity contribution in [1.29, 1.82) is 0 Å². The second-order valence-corrected chi connectivity index (χ2v) is 4.96. The number of hydrogen-bond donors (Lipinski definition) is 2. The molecule has 1 aromatic heterocycles. The highest BCUT2D eigenvalue weighted by molar-refractivity contribution is 9.10. The van der Waals surface area contributed by atoms with E-state index in [9.17, 15) is 0 Å². The summed E-state index contributed by atoms with van der Waals surface area (Å²) in [4.78, 5) is 0.